The van der Waals surface area contributed by atoms with Gasteiger partial charge in [0, 0.05) is 19.5 Å². The predicted molar refractivity (Wildman–Crippen MR) is 78.7 cm³/mol. The third-order valence-corrected chi connectivity index (χ3v) is 3.51. The van der Waals surface area contributed by atoms with Gasteiger partial charge in [-0.2, -0.15) is 5.10 Å². The first kappa shape index (κ1) is 16.0. The van der Waals surface area contributed by atoms with Crippen molar-refractivity contribution >= 4 is 17.5 Å². The fourth-order valence-corrected chi connectivity index (χ4v) is 2.46. The van der Waals surface area contributed by atoms with E-state index in [0.29, 0.717) is 24.0 Å². The first-order chi connectivity index (χ1) is 9.12. The Labute approximate surface area is 120 Å². The molecule has 1 heterocycles. The first-order valence-corrected chi connectivity index (χ1v) is 7.52. The zero-order valence-corrected chi connectivity index (χ0v) is 12.8. The Bertz CT molecular complexity index is 397. The Balaban J connectivity index is 2.55. The largest absolute Gasteiger partial charge is 0.350 e. The second kappa shape index (κ2) is 8.20. The fraction of sp³-hybridized carbons (Fsp3) is 0.714. The predicted octanol–water partition coefficient (Wildman–Crippen LogP) is 2.76. The summed E-state index contributed by atoms with van der Waals surface area (Å²) in [5.74, 6) is 1.06. The van der Waals surface area contributed by atoms with E-state index in [-0.39, 0.29) is 5.91 Å². The molecular weight excluding hydrogens is 262 g/mol. The van der Waals surface area contributed by atoms with Gasteiger partial charge < -0.3 is 5.32 Å². The van der Waals surface area contributed by atoms with Crippen LogP contribution in [0.4, 0.5) is 0 Å². The highest BCUT2D eigenvalue weighted by Crippen LogP contribution is 2.11. The number of carbonyl (C=O) groups is 1. The summed E-state index contributed by atoms with van der Waals surface area (Å²) in [4.78, 5) is 12.1. The van der Waals surface area contributed by atoms with E-state index in [1.54, 1.807) is 11.7 Å². The minimum absolute atomic E-state index is 0.0506. The van der Waals surface area contributed by atoms with E-state index in [2.05, 4.69) is 17.3 Å². The number of hydrogen-bond acceptors (Lipinski definition) is 2. The van der Waals surface area contributed by atoms with E-state index < -0.39 is 0 Å². The van der Waals surface area contributed by atoms with E-state index in [4.69, 9.17) is 11.6 Å². The molecule has 0 saturated carbocycles. The maximum absolute atomic E-state index is 12.1. The SMILES string of the molecule is CCCC(CCCl)CNC(=O)c1cc(CC)nn1C. The van der Waals surface area contributed by atoms with E-state index in [0.717, 1.165) is 31.4 Å². The second-order valence-electron chi connectivity index (χ2n) is 4.84. The summed E-state index contributed by atoms with van der Waals surface area (Å²) in [7, 11) is 1.80. The minimum atomic E-state index is -0.0506. The number of rotatable bonds is 8. The standard InChI is InChI=1S/C14H24ClN3O/c1-4-6-11(7-8-15)10-16-14(19)13-9-12(5-2)17-18(13)3/h9,11H,4-8,10H2,1-3H3,(H,16,19). The molecule has 1 amide bonds. The van der Waals surface area contributed by atoms with Crippen LogP contribution in [-0.4, -0.2) is 28.1 Å². The van der Waals surface area contributed by atoms with Crippen LogP contribution in [0.5, 0.6) is 0 Å². The molecule has 0 aromatic carbocycles. The van der Waals surface area contributed by atoms with E-state index in [9.17, 15) is 4.79 Å². The highest BCUT2D eigenvalue weighted by molar-refractivity contribution is 6.17. The molecule has 1 unspecified atom stereocenters. The average Bonchev–Trinajstić information content (AvgIpc) is 2.77. The summed E-state index contributed by atoms with van der Waals surface area (Å²) in [6.45, 7) is 4.87. The van der Waals surface area contributed by atoms with Gasteiger partial charge >= 0.3 is 0 Å². The number of carbonyl (C=O) groups excluding carboxylic acids is 1. The summed E-state index contributed by atoms with van der Waals surface area (Å²) < 4.78 is 1.64. The summed E-state index contributed by atoms with van der Waals surface area (Å²) in [5.41, 5.74) is 1.57. The summed E-state index contributed by atoms with van der Waals surface area (Å²) in [6.07, 6.45) is 3.99. The number of aromatic nitrogens is 2. The number of alkyl halides is 1. The van der Waals surface area contributed by atoms with Crippen molar-refractivity contribution in [1.82, 2.24) is 15.1 Å². The quantitative estimate of drug-likeness (QED) is 0.747. The second-order valence-corrected chi connectivity index (χ2v) is 5.22. The molecule has 1 rings (SSSR count). The molecule has 0 saturated heterocycles. The van der Waals surface area contributed by atoms with Crippen LogP contribution in [0.25, 0.3) is 0 Å². The number of nitrogens with zero attached hydrogens (tertiary/aromatic N) is 2. The number of nitrogens with one attached hydrogen (secondary N) is 1. The van der Waals surface area contributed by atoms with Crippen molar-refractivity contribution in [2.45, 2.75) is 39.5 Å². The van der Waals surface area contributed by atoms with Crippen LogP contribution in [0.15, 0.2) is 6.07 Å². The van der Waals surface area contributed by atoms with Gasteiger partial charge in [-0.15, -0.1) is 11.6 Å². The van der Waals surface area contributed by atoms with Crippen molar-refractivity contribution in [3.05, 3.63) is 17.5 Å². The Morgan fingerprint density at radius 1 is 1.47 bits per heavy atom. The molecule has 0 aliphatic heterocycles. The normalized spacial score (nSPS) is 12.4. The molecule has 1 aromatic heterocycles. The van der Waals surface area contributed by atoms with Crippen LogP contribution in [0.3, 0.4) is 0 Å². The van der Waals surface area contributed by atoms with Crippen molar-refractivity contribution in [3.63, 3.8) is 0 Å². The number of hydrogen-bond donors (Lipinski definition) is 1. The summed E-state index contributed by atoms with van der Waals surface area (Å²) in [6, 6.07) is 1.85. The molecule has 0 spiro atoms. The van der Waals surface area contributed by atoms with Crippen molar-refractivity contribution in [3.8, 4) is 0 Å². The molecule has 0 aliphatic carbocycles. The molecule has 1 aromatic rings. The van der Waals surface area contributed by atoms with Crippen molar-refractivity contribution in [2.75, 3.05) is 12.4 Å². The lowest BCUT2D eigenvalue weighted by molar-refractivity contribution is 0.0936. The number of halogens is 1. The van der Waals surface area contributed by atoms with Gasteiger partial charge in [-0.3, -0.25) is 9.48 Å². The highest BCUT2D eigenvalue weighted by atomic mass is 35.5. The average molecular weight is 286 g/mol. The topological polar surface area (TPSA) is 46.9 Å². The van der Waals surface area contributed by atoms with Crippen molar-refractivity contribution < 1.29 is 4.79 Å². The van der Waals surface area contributed by atoms with Gasteiger partial charge in [0.05, 0.1) is 5.69 Å². The van der Waals surface area contributed by atoms with Crippen LogP contribution in [-0.2, 0) is 13.5 Å². The molecule has 0 bridgehead atoms. The molecule has 5 heteroatoms. The molecule has 0 fully saturated rings. The van der Waals surface area contributed by atoms with Gasteiger partial charge in [-0.25, -0.2) is 0 Å². The van der Waals surface area contributed by atoms with E-state index in [1.165, 1.54) is 0 Å². The summed E-state index contributed by atoms with van der Waals surface area (Å²) >= 11 is 5.78. The molecule has 4 nitrogen and oxygen atoms in total. The lowest BCUT2D eigenvalue weighted by Crippen LogP contribution is -2.30. The molecule has 0 aliphatic rings. The third kappa shape index (κ3) is 4.86. The van der Waals surface area contributed by atoms with Gasteiger partial charge in [0.1, 0.15) is 5.69 Å². The van der Waals surface area contributed by atoms with Crippen LogP contribution in [0.2, 0.25) is 0 Å². The van der Waals surface area contributed by atoms with Crippen LogP contribution >= 0.6 is 11.6 Å². The monoisotopic (exact) mass is 285 g/mol. The number of amides is 1. The number of aryl methyl sites for hydroxylation is 2. The third-order valence-electron chi connectivity index (χ3n) is 3.29. The Kier molecular flexibility index (Phi) is 6.92. The molecule has 1 N–H and O–H groups in total. The lowest BCUT2D eigenvalue weighted by atomic mass is 10.0. The van der Waals surface area contributed by atoms with Crippen molar-refractivity contribution in [1.29, 1.82) is 0 Å². The van der Waals surface area contributed by atoms with E-state index >= 15 is 0 Å². The first-order valence-electron chi connectivity index (χ1n) is 6.99. The summed E-state index contributed by atoms with van der Waals surface area (Å²) in [5, 5.41) is 7.27. The van der Waals surface area contributed by atoms with Gasteiger partial charge in [0.15, 0.2) is 0 Å². The van der Waals surface area contributed by atoms with Gasteiger partial charge in [-0.05, 0) is 31.2 Å². The molecule has 19 heavy (non-hydrogen) atoms. The van der Waals surface area contributed by atoms with E-state index in [1.807, 2.05) is 13.0 Å². The molecule has 108 valence electrons. The van der Waals surface area contributed by atoms with Gasteiger partial charge in [0.25, 0.3) is 5.91 Å². The Hall–Kier alpha value is -1.03. The Morgan fingerprint density at radius 2 is 2.21 bits per heavy atom. The fourth-order valence-electron chi connectivity index (χ4n) is 2.15. The van der Waals surface area contributed by atoms with Gasteiger partial charge in [0.2, 0.25) is 0 Å². The van der Waals surface area contributed by atoms with Crippen LogP contribution in [0.1, 0.15) is 49.3 Å². The molecule has 1 atom stereocenters. The highest BCUT2D eigenvalue weighted by Gasteiger charge is 2.14. The maximum atomic E-state index is 12.1. The minimum Gasteiger partial charge on any atom is -0.350 e. The maximum Gasteiger partial charge on any atom is 0.269 e. The molecule has 0 radical (unpaired) electrons. The molecular formula is C14H24ClN3O. The zero-order chi connectivity index (χ0) is 14.3. The van der Waals surface area contributed by atoms with Gasteiger partial charge in [-0.1, -0.05) is 20.3 Å². The van der Waals surface area contributed by atoms with Crippen LogP contribution in [0, 0.1) is 5.92 Å². The lowest BCUT2D eigenvalue weighted by Gasteiger charge is -2.15. The Morgan fingerprint density at radius 3 is 2.74 bits per heavy atom. The smallest absolute Gasteiger partial charge is 0.269 e. The van der Waals surface area contributed by atoms with Crippen LogP contribution < -0.4 is 5.32 Å². The zero-order valence-electron chi connectivity index (χ0n) is 12.1. The van der Waals surface area contributed by atoms with Crippen molar-refractivity contribution in [2.24, 2.45) is 13.0 Å².